The van der Waals surface area contributed by atoms with Gasteiger partial charge in [-0.25, -0.2) is 0 Å². The average Bonchev–Trinajstić information content (AvgIpc) is 1.36. The minimum atomic E-state index is -0.0988. The molecule has 0 aromatic carbocycles. The van der Waals surface area contributed by atoms with Gasteiger partial charge in [0.2, 0.25) is 0 Å². The van der Waals surface area contributed by atoms with E-state index in [1.807, 2.05) is 0 Å². The molecule has 38 valence electrons. The summed E-state index contributed by atoms with van der Waals surface area (Å²) in [6.45, 7) is 0. The third-order valence-electron chi connectivity index (χ3n) is 0.143. The van der Waals surface area contributed by atoms with Gasteiger partial charge in [0.05, 0.1) is 0 Å². The van der Waals surface area contributed by atoms with Crippen molar-refractivity contribution in [2.45, 2.75) is 0 Å². The summed E-state index contributed by atoms with van der Waals surface area (Å²) in [5.74, 6) is 0. The van der Waals surface area contributed by atoms with Crippen molar-refractivity contribution >= 4 is 105 Å². The van der Waals surface area contributed by atoms with Crippen LogP contribution in [0.5, 0.6) is 0 Å². The summed E-state index contributed by atoms with van der Waals surface area (Å²) >= 11 is 20.0. The standard InChI is InChI=1S/C2Cl4.Rb.H/c3-1(4)2(5)6;;. The van der Waals surface area contributed by atoms with E-state index in [2.05, 4.69) is 0 Å². The van der Waals surface area contributed by atoms with Crippen LogP contribution in [-0.4, -0.2) is 58.2 Å². The molecule has 0 radical (unpaired) electrons. The van der Waals surface area contributed by atoms with Gasteiger partial charge < -0.3 is 0 Å². The molecule has 0 rings (SSSR count). The van der Waals surface area contributed by atoms with E-state index in [-0.39, 0.29) is 67.2 Å². The van der Waals surface area contributed by atoms with Crippen LogP contribution in [0.2, 0.25) is 0 Å². The molecule has 0 saturated carbocycles. The Labute approximate surface area is 111 Å². The van der Waals surface area contributed by atoms with Gasteiger partial charge in [0, 0.05) is 0 Å². The van der Waals surface area contributed by atoms with Gasteiger partial charge in [0.15, 0.2) is 0 Å². The molecule has 0 aliphatic rings. The van der Waals surface area contributed by atoms with Crippen LogP contribution in [0, 0.1) is 0 Å². The average molecular weight is 252 g/mol. The van der Waals surface area contributed by atoms with Gasteiger partial charge in [0.25, 0.3) is 0 Å². The summed E-state index contributed by atoms with van der Waals surface area (Å²) < 4.78 is -0.198. The number of hydrogen-bond acceptors (Lipinski definition) is 0. The number of halogens is 4. The van der Waals surface area contributed by atoms with Crippen LogP contribution in [0.4, 0.5) is 0 Å². The molecule has 0 bridgehead atoms. The first-order valence-corrected chi connectivity index (χ1v) is 2.52. The number of hydrogen-bond donors (Lipinski definition) is 0. The van der Waals surface area contributed by atoms with Gasteiger partial charge in [-0.1, -0.05) is 46.4 Å². The third-order valence-corrected chi connectivity index (χ3v) is 1.29. The minimum absolute atomic E-state index is 0. The Bertz CT molecular complexity index is 59.8. The topological polar surface area (TPSA) is 0 Å². The Morgan fingerprint density at radius 1 is 0.714 bits per heavy atom. The zero-order valence-electron chi connectivity index (χ0n) is 2.51. The normalized spacial score (nSPS) is 6.86. The molecule has 0 fully saturated rings. The molecule has 0 saturated heterocycles. The molecule has 7 heavy (non-hydrogen) atoms. The fourth-order valence-corrected chi connectivity index (χ4v) is 0. The van der Waals surface area contributed by atoms with Crippen molar-refractivity contribution in [2.24, 2.45) is 0 Å². The second-order valence-electron chi connectivity index (χ2n) is 0.521. The molecule has 5 heteroatoms. The Kier molecular flexibility index (Phi) is 12.1. The summed E-state index contributed by atoms with van der Waals surface area (Å²) in [6.07, 6.45) is 0. The van der Waals surface area contributed by atoms with Gasteiger partial charge in [-0.05, 0) is 0 Å². The van der Waals surface area contributed by atoms with Gasteiger partial charge in [-0.2, -0.15) is 0 Å². The fraction of sp³-hybridized carbons (Fsp3) is 0. The molecule has 0 atom stereocenters. The van der Waals surface area contributed by atoms with Crippen LogP contribution >= 0.6 is 46.4 Å². The molecule has 0 amide bonds. The van der Waals surface area contributed by atoms with Gasteiger partial charge in [0.1, 0.15) is 8.98 Å². The van der Waals surface area contributed by atoms with E-state index in [0.717, 1.165) is 0 Å². The number of rotatable bonds is 0. The summed E-state index contributed by atoms with van der Waals surface area (Å²) in [6, 6.07) is 0. The molecule has 0 N–H and O–H groups in total. The second-order valence-corrected chi connectivity index (χ2v) is 2.42. The van der Waals surface area contributed by atoms with Crippen molar-refractivity contribution in [1.29, 1.82) is 0 Å². The first-order chi connectivity index (χ1) is 2.64. The van der Waals surface area contributed by atoms with E-state index in [0.29, 0.717) is 0 Å². The molecular formula is C2HCl4Rb. The van der Waals surface area contributed by atoms with Crippen LogP contribution < -0.4 is 0 Å². The molecule has 0 nitrogen and oxygen atoms in total. The maximum atomic E-state index is 4.99. The van der Waals surface area contributed by atoms with Gasteiger partial charge in [-0.3, -0.25) is 0 Å². The van der Waals surface area contributed by atoms with Crippen LogP contribution in [0.15, 0.2) is 8.98 Å². The van der Waals surface area contributed by atoms with E-state index < -0.39 is 0 Å². The third kappa shape index (κ3) is 8.71. The Morgan fingerprint density at radius 3 is 0.857 bits per heavy atom. The van der Waals surface area contributed by atoms with Crippen LogP contribution in [0.25, 0.3) is 0 Å². The summed E-state index contributed by atoms with van der Waals surface area (Å²) in [7, 11) is 0. The van der Waals surface area contributed by atoms with Crippen LogP contribution in [-0.2, 0) is 0 Å². The van der Waals surface area contributed by atoms with Crippen LogP contribution in [0.3, 0.4) is 0 Å². The Morgan fingerprint density at radius 2 is 0.857 bits per heavy atom. The molecule has 0 aliphatic heterocycles. The molecule has 0 heterocycles. The van der Waals surface area contributed by atoms with E-state index in [1.165, 1.54) is 0 Å². The monoisotopic (exact) mass is 250 g/mol. The van der Waals surface area contributed by atoms with E-state index in [4.69, 9.17) is 46.4 Å². The molecular weight excluding hydrogens is 251 g/mol. The molecule has 0 spiro atoms. The van der Waals surface area contributed by atoms with Crippen molar-refractivity contribution in [1.82, 2.24) is 0 Å². The Balaban J connectivity index is 0. The van der Waals surface area contributed by atoms with E-state index in [9.17, 15) is 0 Å². The molecule has 0 unspecified atom stereocenters. The first-order valence-electron chi connectivity index (χ1n) is 1.01. The summed E-state index contributed by atoms with van der Waals surface area (Å²) in [5.41, 5.74) is 0. The zero-order valence-corrected chi connectivity index (χ0v) is 5.54. The fourth-order valence-electron chi connectivity index (χ4n) is 0. The first kappa shape index (κ1) is 12.4. The SMILES string of the molecule is ClC(Cl)=C(Cl)Cl.[RbH]. The van der Waals surface area contributed by atoms with Crippen molar-refractivity contribution in [3.05, 3.63) is 8.98 Å². The summed E-state index contributed by atoms with van der Waals surface area (Å²) in [5, 5.41) is 0. The van der Waals surface area contributed by atoms with Crippen molar-refractivity contribution < 1.29 is 0 Å². The molecule has 0 aromatic heterocycles. The predicted molar refractivity (Wildman–Crippen MR) is 37.6 cm³/mol. The quantitative estimate of drug-likeness (QED) is 0.621. The molecule has 0 aromatic rings. The predicted octanol–water partition coefficient (Wildman–Crippen LogP) is 2.42. The summed E-state index contributed by atoms with van der Waals surface area (Å²) in [4.78, 5) is 0. The van der Waals surface area contributed by atoms with Crippen molar-refractivity contribution in [2.75, 3.05) is 0 Å². The van der Waals surface area contributed by atoms with Gasteiger partial charge in [-0.15, -0.1) is 0 Å². The molecule has 0 aliphatic carbocycles. The Hall–Kier alpha value is 2.71. The van der Waals surface area contributed by atoms with Crippen molar-refractivity contribution in [3.8, 4) is 0 Å². The van der Waals surface area contributed by atoms with E-state index in [1.54, 1.807) is 0 Å². The van der Waals surface area contributed by atoms with Crippen LogP contribution in [0.1, 0.15) is 0 Å². The van der Waals surface area contributed by atoms with Crippen molar-refractivity contribution in [3.63, 3.8) is 0 Å². The van der Waals surface area contributed by atoms with Gasteiger partial charge >= 0.3 is 58.2 Å². The maximum absolute atomic E-state index is 4.99. The second kappa shape index (κ2) is 6.82. The zero-order chi connectivity index (χ0) is 5.15. The van der Waals surface area contributed by atoms with E-state index >= 15 is 0 Å².